The number of amides is 3. The third-order valence-corrected chi connectivity index (χ3v) is 5.90. The van der Waals surface area contributed by atoms with Crippen LogP contribution in [0.1, 0.15) is 29.6 Å². The van der Waals surface area contributed by atoms with E-state index >= 15 is 0 Å². The molecule has 11 heteroatoms. The van der Waals surface area contributed by atoms with Crippen molar-refractivity contribution in [3.8, 4) is 0 Å². The summed E-state index contributed by atoms with van der Waals surface area (Å²) >= 11 is 4.46. The molecule has 1 aliphatic heterocycles. The number of carbonyl (C=O) groups is 3. The van der Waals surface area contributed by atoms with Crippen LogP contribution in [0.2, 0.25) is 0 Å². The summed E-state index contributed by atoms with van der Waals surface area (Å²) in [5.41, 5.74) is 1.72. The maximum atomic E-state index is 13.3. The molecule has 0 bridgehead atoms. The molecule has 2 aromatic rings. The topological polar surface area (TPSA) is 104 Å². The molecule has 0 spiro atoms. The van der Waals surface area contributed by atoms with Gasteiger partial charge in [0.25, 0.3) is 5.91 Å². The maximum Gasteiger partial charge on any atom is 0.252 e. The first-order valence-corrected chi connectivity index (χ1v) is 10.7. The van der Waals surface area contributed by atoms with Crippen LogP contribution in [-0.4, -0.2) is 52.5 Å². The van der Waals surface area contributed by atoms with E-state index in [9.17, 15) is 18.8 Å². The SMILES string of the molecule is O=C(NCCC(=O)N1CCC(C(=O)Nc2nncs2)CC1)c1cc(F)ccc1Br. The van der Waals surface area contributed by atoms with Crippen LogP contribution in [0.25, 0.3) is 0 Å². The molecule has 1 aliphatic rings. The van der Waals surface area contributed by atoms with Crippen molar-refractivity contribution in [3.63, 3.8) is 0 Å². The van der Waals surface area contributed by atoms with Crippen LogP contribution < -0.4 is 10.6 Å². The number of anilines is 1. The van der Waals surface area contributed by atoms with Gasteiger partial charge in [-0.25, -0.2) is 4.39 Å². The van der Waals surface area contributed by atoms with Crippen molar-refractivity contribution in [1.82, 2.24) is 20.4 Å². The van der Waals surface area contributed by atoms with Gasteiger partial charge in [-0.3, -0.25) is 14.4 Å². The largest absolute Gasteiger partial charge is 0.351 e. The van der Waals surface area contributed by atoms with Gasteiger partial charge < -0.3 is 15.5 Å². The van der Waals surface area contributed by atoms with Crippen LogP contribution in [0, 0.1) is 11.7 Å². The van der Waals surface area contributed by atoms with Gasteiger partial charge in [0.2, 0.25) is 16.9 Å². The lowest BCUT2D eigenvalue weighted by molar-refractivity contribution is -0.134. The van der Waals surface area contributed by atoms with E-state index in [0.29, 0.717) is 35.5 Å². The molecule has 3 rings (SSSR count). The molecule has 1 aromatic heterocycles. The quantitative estimate of drug-likeness (QED) is 0.656. The number of carbonyl (C=O) groups excluding carboxylic acids is 3. The van der Waals surface area contributed by atoms with Gasteiger partial charge in [0.05, 0.1) is 5.56 Å². The van der Waals surface area contributed by atoms with Crippen molar-refractivity contribution < 1.29 is 18.8 Å². The van der Waals surface area contributed by atoms with E-state index in [2.05, 4.69) is 36.8 Å². The molecule has 29 heavy (non-hydrogen) atoms. The number of likely N-dealkylation sites (tertiary alicyclic amines) is 1. The first kappa shape index (κ1) is 21.3. The molecule has 154 valence electrons. The van der Waals surface area contributed by atoms with Crippen molar-refractivity contribution in [2.75, 3.05) is 25.0 Å². The van der Waals surface area contributed by atoms with E-state index < -0.39 is 11.7 Å². The van der Waals surface area contributed by atoms with Crippen molar-refractivity contribution in [3.05, 3.63) is 39.6 Å². The number of hydrogen-bond donors (Lipinski definition) is 2. The predicted octanol–water partition coefficient (Wildman–Crippen LogP) is 2.44. The molecule has 0 saturated carbocycles. The zero-order chi connectivity index (χ0) is 20.8. The Balaban J connectivity index is 1.40. The summed E-state index contributed by atoms with van der Waals surface area (Å²) < 4.78 is 13.8. The number of nitrogens with zero attached hydrogens (tertiary/aromatic N) is 3. The molecule has 3 amide bonds. The fraction of sp³-hybridized carbons (Fsp3) is 0.389. The molecule has 0 unspecified atom stereocenters. The molecule has 8 nitrogen and oxygen atoms in total. The number of halogens is 2. The molecule has 1 fully saturated rings. The smallest absolute Gasteiger partial charge is 0.252 e. The minimum absolute atomic E-state index is 0.0911. The Morgan fingerprint density at radius 3 is 2.72 bits per heavy atom. The Labute approximate surface area is 179 Å². The van der Waals surface area contributed by atoms with Crippen LogP contribution in [0.5, 0.6) is 0 Å². The Morgan fingerprint density at radius 1 is 1.28 bits per heavy atom. The molecule has 0 radical (unpaired) electrons. The second-order valence-corrected chi connectivity index (χ2v) is 8.21. The van der Waals surface area contributed by atoms with Gasteiger partial charge in [0, 0.05) is 36.4 Å². The van der Waals surface area contributed by atoms with Crippen molar-refractivity contribution in [2.45, 2.75) is 19.3 Å². The van der Waals surface area contributed by atoms with Gasteiger partial charge in [0.1, 0.15) is 11.3 Å². The van der Waals surface area contributed by atoms with Crippen molar-refractivity contribution in [2.24, 2.45) is 5.92 Å². The van der Waals surface area contributed by atoms with Crippen LogP contribution in [0.15, 0.2) is 28.2 Å². The summed E-state index contributed by atoms with van der Waals surface area (Å²) in [5.74, 6) is -1.33. The standard InChI is InChI=1S/C18H19BrFN5O3S/c19-14-2-1-12(20)9-13(14)17(28)21-6-3-15(26)25-7-4-11(5-8-25)16(27)23-18-24-22-10-29-18/h1-2,9-11H,3-8H2,(H,21,28)(H,23,24,27). The Morgan fingerprint density at radius 2 is 2.03 bits per heavy atom. The van der Waals surface area contributed by atoms with Gasteiger partial charge in [-0.2, -0.15) is 0 Å². The van der Waals surface area contributed by atoms with Gasteiger partial charge >= 0.3 is 0 Å². The second kappa shape index (κ2) is 9.88. The fourth-order valence-electron chi connectivity index (χ4n) is 3.03. The van der Waals surface area contributed by atoms with Gasteiger partial charge in [0.15, 0.2) is 0 Å². The second-order valence-electron chi connectivity index (χ2n) is 6.52. The van der Waals surface area contributed by atoms with Gasteiger partial charge in [-0.15, -0.1) is 10.2 Å². The third-order valence-electron chi connectivity index (χ3n) is 4.61. The number of hydrogen-bond acceptors (Lipinski definition) is 6. The highest BCUT2D eigenvalue weighted by atomic mass is 79.9. The minimum Gasteiger partial charge on any atom is -0.351 e. The average molecular weight is 484 g/mol. The van der Waals surface area contributed by atoms with E-state index in [0.717, 1.165) is 6.07 Å². The zero-order valence-corrected chi connectivity index (χ0v) is 17.8. The van der Waals surface area contributed by atoms with E-state index in [1.54, 1.807) is 10.4 Å². The fourth-order valence-corrected chi connectivity index (χ4v) is 3.91. The van der Waals surface area contributed by atoms with Crippen LogP contribution in [0.4, 0.5) is 9.52 Å². The molecular weight excluding hydrogens is 465 g/mol. The Bertz CT molecular complexity index is 888. The van der Waals surface area contributed by atoms with Crippen LogP contribution >= 0.6 is 27.3 Å². The zero-order valence-electron chi connectivity index (χ0n) is 15.4. The highest BCUT2D eigenvalue weighted by molar-refractivity contribution is 9.10. The predicted molar refractivity (Wildman–Crippen MR) is 109 cm³/mol. The first-order chi connectivity index (χ1) is 13.9. The maximum absolute atomic E-state index is 13.3. The van der Waals surface area contributed by atoms with Crippen molar-refractivity contribution >= 4 is 50.1 Å². The van der Waals surface area contributed by atoms with E-state index in [-0.39, 0.29) is 36.3 Å². The summed E-state index contributed by atoms with van der Waals surface area (Å²) in [5, 5.41) is 13.3. The summed E-state index contributed by atoms with van der Waals surface area (Å²) in [6.07, 6.45) is 1.28. The third kappa shape index (κ3) is 5.80. The lowest BCUT2D eigenvalue weighted by atomic mass is 9.96. The Kier molecular flexibility index (Phi) is 7.26. The minimum atomic E-state index is -0.507. The highest BCUT2D eigenvalue weighted by Crippen LogP contribution is 2.21. The van der Waals surface area contributed by atoms with Crippen LogP contribution in [0.3, 0.4) is 0 Å². The Hall–Kier alpha value is -2.40. The molecule has 2 heterocycles. The van der Waals surface area contributed by atoms with Gasteiger partial charge in [-0.05, 0) is 47.0 Å². The van der Waals surface area contributed by atoms with E-state index in [1.807, 2.05) is 0 Å². The summed E-state index contributed by atoms with van der Waals surface area (Å²) in [7, 11) is 0. The average Bonchev–Trinajstić information content (AvgIpc) is 3.22. The van der Waals surface area contributed by atoms with Crippen LogP contribution in [-0.2, 0) is 9.59 Å². The highest BCUT2D eigenvalue weighted by Gasteiger charge is 2.27. The molecule has 0 aliphatic carbocycles. The lowest BCUT2D eigenvalue weighted by Crippen LogP contribution is -2.42. The molecule has 2 N–H and O–H groups in total. The van der Waals surface area contributed by atoms with E-state index in [1.165, 1.54) is 23.5 Å². The molecular formula is C18H19BrFN5O3S. The summed E-state index contributed by atoms with van der Waals surface area (Å²) in [6, 6.07) is 3.85. The number of piperidine rings is 1. The first-order valence-electron chi connectivity index (χ1n) is 9.02. The summed E-state index contributed by atoms with van der Waals surface area (Å²) in [6.45, 7) is 1.12. The lowest BCUT2D eigenvalue weighted by Gasteiger charge is -2.31. The number of nitrogens with one attached hydrogen (secondary N) is 2. The number of aromatic nitrogens is 2. The molecule has 1 saturated heterocycles. The number of benzene rings is 1. The normalized spacial score (nSPS) is 14.5. The van der Waals surface area contributed by atoms with Crippen molar-refractivity contribution in [1.29, 1.82) is 0 Å². The summed E-state index contributed by atoms with van der Waals surface area (Å²) in [4.78, 5) is 38.4. The molecule has 0 atom stereocenters. The van der Waals surface area contributed by atoms with Gasteiger partial charge in [-0.1, -0.05) is 11.3 Å². The van der Waals surface area contributed by atoms with E-state index in [4.69, 9.17) is 0 Å². The molecule has 1 aromatic carbocycles. The number of rotatable bonds is 6. The monoisotopic (exact) mass is 483 g/mol.